The van der Waals surface area contributed by atoms with E-state index in [0.29, 0.717) is 16.7 Å². The van der Waals surface area contributed by atoms with Gasteiger partial charge in [0.2, 0.25) is 0 Å². The van der Waals surface area contributed by atoms with E-state index in [4.69, 9.17) is 0 Å². The zero-order chi connectivity index (χ0) is 11.0. The number of halogens is 2. The third-order valence-corrected chi connectivity index (χ3v) is 3.16. The lowest BCUT2D eigenvalue weighted by atomic mass is 9.91. The Morgan fingerprint density at radius 3 is 2.67 bits per heavy atom. The van der Waals surface area contributed by atoms with Gasteiger partial charge in [-0.2, -0.15) is 0 Å². The topological polar surface area (TPSA) is 12.0 Å². The molecule has 1 aromatic rings. The minimum atomic E-state index is -0.296. The number of benzene rings is 1. The molecule has 1 heterocycles. The van der Waals surface area contributed by atoms with Gasteiger partial charge in [0.05, 0.1) is 0 Å². The van der Waals surface area contributed by atoms with Gasteiger partial charge in [0.1, 0.15) is 11.6 Å². The average molecular weight is 211 g/mol. The molecule has 1 atom stereocenters. The highest BCUT2D eigenvalue weighted by molar-refractivity contribution is 5.37. The van der Waals surface area contributed by atoms with Crippen LogP contribution in [0.25, 0.3) is 0 Å². The third-order valence-electron chi connectivity index (χ3n) is 3.16. The molecule has 1 saturated heterocycles. The summed E-state index contributed by atoms with van der Waals surface area (Å²) >= 11 is 0. The number of aryl methyl sites for hydroxylation is 1. The lowest BCUT2D eigenvalue weighted by molar-refractivity contribution is 0.552. The quantitative estimate of drug-likeness (QED) is 0.753. The molecule has 15 heavy (non-hydrogen) atoms. The van der Waals surface area contributed by atoms with Crippen LogP contribution < -0.4 is 5.32 Å². The summed E-state index contributed by atoms with van der Waals surface area (Å²) in [5.74, 6) is -0.405. The van der Waals surface area contributed by atoms with Crippen molar-refractivity contribution < 1.29 is 8.78 Å². The van der Waals surface area contributed by atoms with Crippen molar-refractivity contribution in [2.24, 2.45) is 0 Å². The highest BCUT2D eigenvalue weighted by Gasteiger charge is 2.24. The van der Waals surface area contributed by atoms with Crippen molar-refractivity contribution >= 4 is 0 Å². The van der Waals surface area contributed by atoms with Gasteiger partial charge in [-0.1, -0.05) is 0 Å². The summed E-state index contributed by atoms with van der Waals surface area (Å²) in [5.41, 5.74) is 1.43. The molecule has 1 nitrogen and oxygen atoms in total. The predicted octanol–water partition coefficient (Wildman–Crippen LogP) is 2.66. The van der Waals surface area contributed by atoms with Crippen LogP contribution in [-0.2, 0) is 0 Å². The average Bonchev–Trinajstić information content (AvgIpc) is 2.69. The van der Waals surface area contributed by atoms with E-state index in [1.54, 1.807) is 13.8 Å². The van der Waals surface area contributed by atoms with E-state index < -0.39 is 0 Å². The molecule has 0 amide bonds. The van der Waals surface area contributed by atoms with Crippen molar-refractivity contribution in [3.05, 3.63) is 34.4 Å². The molecule has 0 aromatic heterocycles. The monoisotopic (exact) mass is 211 g/mol. The SMILES string of the molecule is Cc1cc(F)c(C)c(C2CCNC2)c1F. The van der Waals surface area contributed by atoms with Crippen LogP contribution in [0.2, 0.25) is 0 Å². The van der Waals surface area contributed by atoms with Crippen molar-refractivity contribution in [1.29, 1.82) is 0 Å². The predicted molar refractivity (Wildman–Crippen MR) is 56.1 cm³/mol. The van der Waals surface area contributed by atoms with Gasteiger partial charge in [0.15, 0.2) is 0 Å². The molecule has 0 spiro atoms. The Morgan fingerprint density at radius 2 is 2.07 bits per heavy atom. The van der Waals surface area contributed by atoms with E-state index >= 15 is 0 Å². The highest BCUT2D eigenvalue weighted by atomic mass is 19.1. The zero-order valence-corrected chi connectivity index (χ0v) is 9.03. The highest BCUT2D eigenvalue weighted by Crippen LogP contribution is 2.30. The summed E-state index contributed by atoms with van der Waals surface area (Å²) in [6, 6.07) is 1.27. The lowest BCUT2D eigenvalue weighted by Gasteiger charge is -2.15. The normalized spacial score (nSPS) is 20.9. The summed E-state index contributed by atoms with van der Waals surface area (Å²) in [7, 11) is 0. The molecular weight excluding hydrogens is 196 g/mol. The van der Waals surface area contributed by atoms with Crippen LogP contribution in [0.15, 0.2) is 6.07 Å². The fraction of sp³-hybridized carbons (Fsp3) is 0.500. The van der Waals surface area contributed by atoms with E-state index in [9.17, 15) is 8.78 Å². The largest absolute Gasteiger partial charge is 0.316 e. The van der Waals surface area contributed by atoms with Gasteiger partial charge in [-0.25, -0.2) is 8.78 Å². The number of nitrogens with one attached hydrogen (secondary N) is 1. The molecule has 0 aliphatic carbocycles. The summed E-state index contributed by atoms with van der Waals surface area (Å²) in [6.07, 6.45) is 0.890. The maximum absolute atomic E-state index is 13.9. The van der Waals surface area contributed by atoms with Gasteiger partial charge >= 0.3 is 0 Å². The summed E-state index contributed by atoms with van der Waals surface area (Å²) in [4.78, 5) is 0. The van der Waals surface area contributed by atoms with Crippen LogP contribution in [-0.4, -0.2) is 13.1 Å². The van der Waals surface area contributed by atoms with E-state index in [2.05, 4.69) is 5.32 Å². The Bertz CT molecular complexity index is 355. The first-order valence-corrected chi connectivity index (χ1v) is 5.27. The second-order valence-corrected chi connectivity index (χ2v) is 4.22. The summed E-state index contributed by atoms with van der Waals surface area (Å²) in [6.45, 7) is 4.91. The van der Waals surface area contributed by atoms with E-state index in [-0.39, 0.29) is 17.6 Å². The maximum atomic E-state index is 13.9. The lowest BCUT2D eigenvalue weighted by Crippen LogP contribution is -2.11. The smallest absolute Gasteiger partial charge is 0.130 e. The Morgan fingerprint density at radius 1 is 1.33 bits per heavy atom. The standard InChI is InChI=1S/C12H15F2N/c1-7-5-10(13)8(2)11(12(7)14)9-3-4-15-6-9/h5,9,15H,3-4,6H2,1-2H3. The van der Waals surface area contributed by atoms with Crippen LogP contribution in [0, 0.1) is 25.5 Å². The second-order valence-electron chi connectivity index (χ2n) is 4.22. The zero-order valence-electron chi connectivity index (χ0n) is 9.03. The summed E-state index contributed by atoms with van der Waals surface area (Å²) < 4.78 is 27.4. The van der Waals surface area contributed by atoms with Gasteiger partial charge in [0.25, 0.3) is 0 Å². The van der Waals surface area contributed by atoms with Crippen molar-refractivity contribution in [3.8, 4) is 0 Å². The first kappa shape index (κ1) is 10.6. The van der Waals surface area contributed by atoms with E-state index in [1.165, 1.54) is 6.07 Å². The fourth-order valence-corrected chi connectivity index (χ4v) is 2.25. The van der Waals surface area contributed by atoms with Crippen LogP contribution in [0.1, 0.15) is 29.0 Å². The van der Waals surface area contributed by atoms with Crippen molar-refractivity contribution in [2.45, 2.75) is 26.2 Å². The first-order valence-electron chi connectivity index (χ1n) is 5.27. The van der Waals surface area contributed by atoms with Gasteiger partial charge in [0, 0.05) is 12.5 Å². The first-order chi connectivity index (χ1) is 7.11. The van der Waals surface area contributed by atoms with Crippen molar-refractivity contribution in [2.75, 3.05) is 13.1 Å². The minimum absolute atomic E-state index is 0.124. The molecule has 0 radical (unpaired) electrons. The third kappa shape index (κ3) is 1.76. The Balaban J connectivity index is 2.52. The second kappa shape index (κ2) is 3.89. The van der Waals surface area contributed by atoms with E-state index in [0.717, 1.165) is 19.5 Å². The van der Waals surface area contributed by atoms with Gasteiger partial charge in [-0.3, -0.25) is 0 Å². The molecular formula is C12H15F2N. The molecule has 82 valence electrons. The fourth-order valence-electron chi connectivity index (χ4n) is 2.25. The molecule has 1 aromatic carbocycles. The molecule has 1 aliphatic rings. The molecule has 3 heteroatoms. The van der Waals surface area contributed by atoms with Gasteiger partial charge < -0.3 is 5.32 Å². The van der Waals surface area contributed by atoms with Gasteiger partial charge in [-0.05, 0) is 49.6 Å². The number of hydrogen-bond donors (Lipinski definition) is 1. The minimum Gasteiger partial charge on any atom is -0.316 e. The Hall–Kier alpha value is -0.960. The number of hydrogen-bond acceptors (Lipinski definition) is 1. The Labute approximate surface area is 88.5 Å². The van der Waals surface area contributed by atoms with Crippen LogP contribution >= 0.6 is 0 Å². The molecule has 2 rings (SSSR count). The van der Waals surface area contributed by atoms with Crippen LogP contribution in [0.3, 0.4) is 0 Å². The molecule has 1 unspecified atom stereocenters. The van der Waals surface area contributed by atoms with Crippen molar-refractivity contribution in [1.82, 2.24) is 5.32 Å². The Kier molecular flexibility index (Phi) is 2.74. The molecule has 0 saturated carbocycles. The maximum Gasteiger partial charge on any atom is 0.130 e. The van der Waals surface area contributed by atoms with Crippen molar-refractivity contribution in [3.63, 3.8) is 0 Å². The molecule has 1 N–H and O–H groups in total. The van der Waals surface area contributed by atoms with Crippen LogP contribution in [0.4, 0.5) is 8.78 Å². The molecule has 1 fully saturated rings. The molecule has 1 aliphatic heterocycles. The molecule has 0 bridgehead atoms. The van der Waals surface area contributed by atoms with Gasteiger partial charge in [-0.15, -0.1) is 0 Å². The van der Waals surface area contributed by atoms with E-state index in [1.807, 2.05) is 0 Å². The number of rotatable bonds is 1. The van der Waals surface area contributed by atoms with Crippen LogP contribution in [0.5, 0.6) is 0 Å². The summed E-state index contributed by atoms with van der Waals surface area (Å²) in [5, 5.41) is 3.18.